The van der Waals surface area contributed by atoms with Gasteiger partial charge in [-0.15, -0.1) is 0 Å². The number of hydrogen-bond acceptors (Lipinski definition) is 10. The summed E-state index contributed by atoms with van der Waals surface area (Å²) in [7, 11) is 1.48. The van der Waals surface area contributed by atoms with Crippen LogP contribution in [0.1, 0.15) is 63.9 Å². The zero-order valence-corrected chi connectivity index (χ0v) is 22.9. The number of alkyl halides is 1. The number of ketones is 2. The van der Waals surface area contributed by atoms with E-state index in [1.165, 1.54) is 7.11 Å². The maximum absolute atomic E-state index is 13.2. The number of Topliss-reactive ketones (excluding diaryl/α,β-unsaturated/α-hetero) is 1. The lowest BCUT2D eigenvalue weighted by molar-refractivity contribution is -0.231. The first kappa shape index (κ1) is 27.8. The largest absolute Gasteiger partial charge is 0.507 e. The Kier molecular flexibility index (Phi) is 6.89. The number of carbonyl (C=O) groups excluding carboxylic acids is 2. The molecule has 2 fully saturated rings. The van der Waals surface area contributed by atoms with Crippen LogP contribution in [0.3, 0.4) is 0 Å². The van der Waals surface area contributed by atoms with Crippen LogP contribution in [-0.2, 0) is 17.6 Å². The molecular weight excluding hydrogens is 574 g/mol. The normalized spacial score (nSPS) is 28.8. The highest BCUT2D eigenvalue weighted by atomic mass is 79.9. The molecule has 1 aliphatic heterocycles. The first-order valence-corrected chi connectivity index (χ1v) is 13.7. The van der Waals surface area contributed by atoms with E-state index < -0.39 is 29.0 Å². The number of carbonyl (C=O) groups is 2. The number of benzene rings is 2. The molecule has 39 heavy (non-hydrogen) atoms. The van der Waals surface area contributed by atoms with Crippen molar-refractivity contribution in [2.45, 2.75) is 62.0 Å². The smallest absolute Gasteiger partial charge is 0.198 e. The molecule has 11 heteroatoms. The topological polar surface area (TPSA) is 168 Å². The van der Waals surface area contributed by atoms with E-state index in [2.05, 4.69) is 22.5 Å². The fraction of sp³-hybridized carbons (Fsp3) is 0.429. The number of piperidine rings is 1. The Morgan fingerprint density at radius 2 is 1.85 bits per heavy atom. The van der Waals surface area contributed by atoms with E-state index in [1.54, 1.807) is 18.2 Å². The van der Waals surface area contributed by atoms with Crippen molar-refractivity contribution < 1.29 is 45.1 Å². The van der Waals surface area contributed by atoms with Crippen LogP contribution >= 0.6 is 15.9 Å². The van der Waals surface area contributed by atoms with Gasteiger partial charge in [-0.05, 0) is 43.7 Å². The maximum atomic E-state index is 13.2. The van der Waals surface area contributed by atoms with Crippen LogP contribution < -0.4 is 4.74 Å². The minimum absolute atomic E-state index is 0.0283. The van der Waals surface area contributed by atoms with Crippen molar-refractivity contribution in [1.82, 2.24) is 5.06 Å². The average molecular weight is 604 g/mol. The Balaban J connectivity index is 0.000000257. The number of phenolic OH excluding ortho intramolecular Hbond substituents is 2. The molecule has 1 saturated carbocycles. The predicted molar refractivity (Wildman–Crippen MR) is 142 cm³/mol. The lowest BCUT2D eigenvalue weighted by Gasteiger charge is -2.35. The molecule has 0 radical (unpaired) electrons. The molecule has 4 aliphatic rings. The van der Waals surface area contributed by atoms with Gasteiger partial charge in [-0.1, -0.05) is 34.6 Å². The molecule has 2 aromatic carbocycles. The molecule has 6 rings (SSSR count). The number of nitrogens with zero attached hydrogens (tertiary/aromatic N) is 1. The van der Waals surface area contributed by atoms with Gasteiger partial charge in [0.15, 0.2) is 11.6 Å². The zero-order chi connectivity index (χ0) is 28.4. The van der Waals surface area contributed by atoms with Crippen LogP contribution in [0.4, 0.5) is 0 Å². The molecule has 3 unspecified atom stereocenters. The van der Waals surface area contributed by atoms with E-state index in [-0.39, 0.29) is 58.8 Å². The van der Waals surface area contributed by atoms with Crippen LogP contribution in [0.5, 0.6) is 17.2 Å². The van der Waals surface area contributed by atoms with Gasteiger partial charge < -0.3 is 35.5 Å². The Morgan fingerprint density at radius 3 is 2.49 bits per heavy atom. The van der Waals surface area contributed by atoms with Crippen molar-refractivity contribution >= 4 is 33.1 Å². The van der Waals surface area contributed by atoms with Crippen LogP contribution in [0.2, 0.25) is 0 Å². The predicted octanol–water partition coefficient (Wildman–Crippen LogP) is 2.19. The van der Waals surface area contributed by atoms with Gasteiger partial charge in [0.25, 0.3) is 0 Å². The van der Waals surface area contributed by atoms with Crippen LogP contribution in [0, 0.1) is 0 Å². The fourth-order valence-corrected chi connectivity index (χ4v) is 6.46. The summed E-state index contributed by atoms with van der Waals surface area (Å²) in [6, 6.07) is 4.76. The van der Waals surface area contributed by atoms with Crippen LogP contribution in [0.25, 0.3) is 5.57 Å². The second-order valence-corrected chi connectivity index (χ2v) is 11.1. The van der Waals surface area contributed by atoms with Crippen molar-refractivity contribution in [3.8, 4) is 17.2 Å². The molecule has 4 atom stereocenters. The van der Waals surface area contributed by atoms with Gasteiger partial charge in [0.2, 0.25) is 0 Å². The molecule has 208 valence electrons. The van der Waals surface area contributed by atoms with Crippen molar-refractivity contribution in [1.29, 1.82) is 0 Å². The van der Waals surface area contributed by atoms with E-state index in [0.717, 1.165) is 5.06 Å². The highest BCUT2D eigenvalue weighted by Gasteiger charge is 2.60. The van der Waals surface area contributed by atoms with Crippen molar-refractivity contribution in [2.24, 2.45) is 0 Å². The van der Waals surface area contributed by atoms with E-state index in [9.17, 15) is 30.0 Å². The first-order valence-electron chi connectivity index (χ1n) is 12.6. The number of methoxy groups -OCH3 is 1. The molecule has 10 nitrogen and oxygen atoms in total. The standard InChI is InChI=1S/C22H19BrO6.C6H11NO3/c1-10-16-12(4-3-5-14(16)29-2)20(26)18-17(10)19(25)11-6-7-22(28,15(24)9-23)8-13(11)21(18)27;8-5-1-2-6(9)3-4(6)7(5)10/h3-5,25,27-28H,1,6-9H2,2H3;4-5,8-10H,1-3H2/t22-;/m1./s1. The summed E-state index contributed by atoms with van der Waals surface area (Å²) < 4.78 is 5.36. The summed E-state index contributed by atoms with van der Waals surface area (Å²) in [6.45, 7) is 4.05. The van der Waals surface area contributed by atoms with Gasteiger partial charge in [0.1, 0.15) is 29.1 Å². The van der Waals surface area contributed by atoms with E-state index in [1.807, 2.05) is 0 Å². The van der Waals surface area contributed by atoms with Crippen molar-refractivity contribution in [2.75, 3.05) is 12.4 Å². The zero-order valence-electron chi connectivity index (χ0n) is 21.3. The number of aliphatic hydroxyl groups is 3. The molecule has 2 aromatic rings. The maximum Gasteiger partial charge on any atom is 0.198 e. The number of hydrogen-bond donors (Lipinski definition) is 6. The van der Waals surface area contributed by atoms with Crippen LogP contribution in [0.15, 0.2) is 24.8 Å². The monoisotopic (exact) mass is 603 g/mol. The number of aromatic hydroxyl groups is 2. The van der Waals surface area contributed by atoms with Gasteiger partial charge in [0, 0.05) is 34.2 Å². The van der Waals surface area contributed by atoms with Gasteiger partial charge in [-0.2, -0.15) is 5.06 Å². The molecule has 1 heterocycles. The number of fused-ring (bicyclic) bond motifs is 4. The summed E-state index contributed by atoms with van der Waals surface area (Å²) in [5, 5.41) is 61.2. The number of halogens is 1. The summed E-state index contributed by atoms with van der Waals surface area (Å²) in [4.78, 5) is 25.4. The third kappa shape index (κ3) is 4.28. The summed E-state index contributed by atoms with van der Waals surface area (Å²) in [6.07, 6.45) is 1.01. The quantitative estimate of drug-likeness (QED) is 0.193. The number of phenols is 2. The number of aliphatic hydroxyl groups excluding tert-OH is 1. The molecule has 6 N–H and O–H groups in total. The van der Waals surface area contributed by atoms with Gasteiger partial charge in [0.05, 0.1) is 29.6 Å². The van der Waals surface area contributed by atoms with E-state index in [4.69, 9.17) is 15.1 Å². The number of rotatable bonds is 3. The average Bonchev–Trinajstić information content (AvgIpc) is 3.63. The second kappa shape index (κ2) is 9.69. The lowest BCUT2D eigenvalue weighted by atomic mass is 9.72. The Bertz CT molecular complexity index is 1410. The summed E-state index contributed by atoms with van der Waals surface area (Å²) >= 11 is 3.07. The van der Waals surface area contributed by atoms with Gasteiger partial charge >= 0.3 is 0 Å². The molecule has 0 aromatic heterocycles. The SMILES string of the molecule is C=C1c2c(OC)cccc2C(=O)c2c(O)c3c(c(O)c21)CC[C@](O)(C(=O)CBr)C3.OC1CCC2(O)CC2N1O. The molecule has 0 bridgehead atoms. The third-order valence-electron chi connectivity index (χ3n) is 8.35. The van der Waals surface area contributed by atoms with E-state index in [0.29, 0.717) is 47.3 Å². The molecule has 0 amide bonds. The lowest BCUT2D eigenvalue weighted by Crippen LogP contribution is -2.44. The summed E-state index contributed by atoms with van der Waals surface area (Å²) in [5.41, 5.74) is -0.457. The molecule has 3 aliphatic carbocycles. The second-order valence-electron chi connectivity index (χ2n) is 10.6. The number of ether oxygens (including phenoxy) is 1. The van der Waals surface area contributed by atoms with Crippen LogP contribution in [-0.4, -0.2) is 83.3 Å². The highest BCUT2D eigenvalue weighted by Crippen LogP contribution is 2.51. The van der Waals surface area contributed by atoms with E-state index >= 15 is 0 Å². The molecular formula is C28H30BrNO9. The Labute approximate surface area is 232 Å². The third-order valence-corrected chi connectivity index (χ3v) is 8.86. The van der Waals surface area contributed by atoms with Crippen molar-refractivity contribution in [3.63, 3.8) is 0 Å². The molecule has 0 spiro atoms. The highest BCUT2D eigenvalue weighted by molar-refractivity contribution is 9.09. The van der Waals surface area contributed by atoms with Crippen molar-refractivity contribution in [3.05, 3.63) is 58.2 Å². The van der Waals surface area contributed by atoms with Gasteiger partial charge in [-0.25, -0.2) is 0 Å². The minimum Gasteiger partial charge on any atom is -0.507 e. The first-order chi connectivity index (χ1) is 18.4. The molecule has 1 saturated heterocycles. The Morgan fingerprint density at radius 1 is 1.15 bits per heavy atom. The Hall–Kier alpha value is -2.80. The fourth-order valence-electron chi connectivity index (χ4n) is 5.94. The van der Waals surface area contributed by atoms with Gasteiger partial charge in [-0.3, -0.25) is 9.59 Å². The minimum atomic E-state index is -1.66. The summed E-state index contributed by atoms with van der Waals surface area (Å²) in [5.74, 6) is -0.923. The number of hydroxylamine groups is 2.